The smallest absolute Gasteiger partial charge is 0.303 e. The molecule has 0 unspecified atom stereocenters. The third-order valence-electron chi connectivity index (χ3n) is 3.83. The summed E-state index contributed by atoms with van der Waals surface area (Å²) in [5.41, 5.74) is 1.99. The number of ketones is 1. The number of carboxylic acid groups (broad SMARTS) is 1. The molecular weight excluding hydrogens is 402 g/mol. The number of phenols is 1. The molecule has 0 radical (unpaired) electrons. The van der Waals surface area contributed by atoms with Crippen molar-refractivity contribution in [2.75, 3.05) is 5.32 Å². The third-order valence-corrected chi connectivity index (χ3v) is 5.85. The van der Waals surface area contributed by atoms with E-state index in [1.807, 2.05) is 13.0 Å². The highest BCUT2D eigenvalue weighted by atomic mass is 32.2. The van der Waals surface area contributed by atoms with Gasteiger partial charge < -0.3 is 15.5 Å². The van der Waals surface area contributed by atoms with Crippen molar-refractivity contribution in [2.24, 2.45) is 0 Å². The normalized spacial score (nSPS) is 10.6. The predicted octanol–water partition coefficient (Wildman–Crippen LogP) is 3.49. The molecular formula is C18H21N3O5S2. The van der Waals surface area contributed by atoms with Crippen molar-refractivity contribution >= 4 is 45.9 Å². The number of thioether (sulfide) groups is 1. The van der Waals surface area contributed by atoms with Gasteiger partial charge in [0.15, 0.2) is 10.1 Å². The molecule has 0 fully saturated rings. The van der Waals surface area contributed by atoms with E-state index in [-0.39, 0.29) is 24.4 Å². The van der Waals surface area contributed by atoms with Crippen LogP contribution < -0.4 is 5.32 Å². The Labute approximate surface area is 170 Å². The summed E-state index contributed by atoms with van der Waals surface area (Å²) in [6.07, 6.45) is 1.12. The molecule has 1 aromatic heterocycles. The van der Waals surface area contributed by atoms with Crippen LogP contribution in [0.15, 0.2) is 16.5 Å². The molecule has 0 bridgehead atoms. The number of benzene rings is 1. The number of carbonyl (C=O) groups is 3. The minimum atomic E-state index is -1.04. The van der Waals surface area contributed by atoms with Gasteiger partial charge in [-0.25, -0.2) is 0 Å². The van der Waals surface area contributed by atoms with E-state index in [0.29, 0.717) is 27.2 Å². The minimum absolute atomic E-state index is 0.0381. The minimum Gasteiger partial charge on any atom is -0.507 e. The number of carboxylic acids is 1. The maximum absolute atomic E-state index is 11.6. The van der Waals surface area contributed by atoms with Gasteiger partial charge in [-0.2, -0.15) is 0 Å². The zero-order chi connectivity index (χ0) is 20.7. The predicted molar refractivity (Wildman–Crippen MR) is 107 cm³/mol. The van der Waals surface area contributed by atoms with Gasteiger partial charge in [0.2, 0.25) is 11.0 Å². The Balaban J connectivity index is 2.03. The molecule has 2 rings (SSSR count). The molecule has 28 heavy (non-hydrogen) atoms. The summed E-state index contributed by atoms with van der Waals surface area (Å²) >= 11 is 2.60. The Kier molecular flexibility index (Phi) is 7.94. The van der Waals surface area contributed by atoms with E-state index in [9.17, 15) is 19.5 Å². The zero-order valence-electron chi connectivity index (χ0n) is 15.5. The Morgan fingerprint density at radius 3 is 2.61 bits per heavy atom. The number of aliphatic carboxylic acids is 1. The van der Waals surface area contributed by atoms with Gasteiger partial charge in [-0.15, -0.1) is 10.2 Å². The van der Waals surface area contributed by atoms with E-state index >= 15 is 0 Å². The molecule has 8 nitrogen and oxygen atoms in total. The number of amides is 1. The van der Waals surface area contributed by atoms with Crippen LogP contribution in [-0.4, -0.2) is 38.1 Å². The number of rotatable bonds is 10. The third kappa shape index (κ3) is 6.03. The van der Waals surface area contributed by atoms with Crippen LogP contribution in [0.25, 0.3) is 0 Å². The van der Waals surface area contributed by atoms with Gasteiger partial charge >= 0.3 is 5.97 Å². The van der Waals surface area contributed by atoms with E-state index in [4.69, 9.17) is 5.11 Å². The summed E-state index contributed by atoms with van der Waals surface area (Å²) < 4.78 is 0.631. The number of nitrogens with zero attached hydrogens (tertiary/aromatic N) is 2. The van der Waals surface area contributed by atoms with Crippen molar-refractivity contribution in [3.05, 3.63) is 28.8 Å². The van der Waals surface area contributed by atoms with Crippen molar-refractivity contribution in [1.29, 1.82) is 0 Å². The number of hydrogen-bond donors (Lipinski definition) is 3. The standard InChI is InChI=1S/C18H21N3O5S2/c1-3-4-13-11(5-6-12(10(2)22)16(13)26)9-27-18-21-20-17(28-18)19-14(23)7-8-15(24)25/h5-6,26H,3-4,7-9H2,1-2H3,(H,24,25)(H,19,20,23). The fraction of sp³-hybridized carbons (Fsp3) is 0.389. The van der Waals surface area contributed by atoms with Crippen molar-refractivity contribution in [3.8, 4) is 5.75 Å². The van der Waals surface area contributed by atoms with Crippen molar-refractivity contribution in [1.82, 2.24) is 10.2 Å². The molecule has 150 valence electrons. The van der Waals surface area contributed by atoms with Crippen LogP contribution in [0.3, 0.4) is 0 Å². The number of anilines is 1. The fourth-order valence-corrected chi connectivity index (χ4v) is 4.28. The van der Waals surface area contributed by atoms with Crippen LogP contribution in [0, 0.1) is 0 Å². The lowest BCUT2D eigenvalue weighted by atomic mass is 9.98. The Morgan fingerprint density at radius 2 is 1.96 bits per heavy atom. The molecule has 0 aliphatic carbocycles. The van der Waals surface area contributed by atoms with Gasteiger partial charge in [-0.1, -0.05) is 42.5 Å². The largest absolute Gasteiger partial charge is 0.507 e. The summed E-state index contributed by atoms with van der Waals surface area (Å²) in [7, 11) is 0. The second-order valence-corrected chi connectivity index (χ2v) is 8.21. The number of carbonyl (C=O) groups excluding carboxylic acids is 2. The maximum atomic E-state index is 11.6. The number of Topliss-reactive ketones (excluding diaryl/α,β-unsaturated/α-hetero) is 1. The Hall–Kier alpha value is -2.46. The molecule has 1 heterocycles. The Bertz CT molecular complexity index is 882. The zero-order valence-corrected chi connectivity index (χ0v) is 17.2. The molecule has 0 aliphatic rings. The van der Waals surface area contributed by atoms with Gasteiger partial charge in [0, 0.05) is 12.2 Å². The summed E-state index contributed by atoms with van der Waals surface area (Å²) in [4.78, 5) is 33.8. The van der Waals surface area contributed by atoms with E-state index in [0.717, 1.165) is 17.5 Å². The quantitative estimate of drug-likeness (QED) is 0.301. The van der Waals surface area contributed by atoms with Gasteiger partial charge in [0.25, 0.3) is 0 Å². The lowest BCUT2D eigenvalue weighted by molar-refractivity contribution is -0.138. The first-order valence-corrected chi connectivity index (χ1v) is 10.4. The number of phenolic OH excluding ortho intramolecular Hbond substituents is 1. The molecule has 1 amide bonds. The van der Waals surface area contributed by atoms with Crippen LogP contribution >= 0.6 is 23.1 Å². The highest BCUT2D eigenvalue weighted by Gasteiger charge is 2.16. The van der Waals surface area contributed by atoms with Crippen LogP contribution in [0.2, 0.25) is 0 Å². The molecule has 1 aromatic carbocycles. The highest BCUT2D eigenvalue weighted by Crippen LogP contribution is 2.34. The van der Waals surface area contributed by atoms with Crippen LogP contribution in [0.1, 0.15) is 54.6 Å². The molecule has 0 saturated carbocycles. The monoisotopic (exact) mass is 423 g/mol. The highest BCUT2D eigenvalue weighted by molar-refractivity contribution is 8.00. The average molecular weight is 424 g/mol. The van der Waals surface area contributed by atoms with Gasteiger partial charge in [-0.05, 0) is 30.5 Å². The van der Waals surface area contributed by atoms with E-state index in [1.165, 1.54) is 30.0 Å². The van der Waals surface area contributed by atoms with E-state index in [1.54, 1.807) is 6.07 Å². The second-order valence-electron chi connectivity index (χ2n) is 6.01. The first kappa shape index (κ1) is 21.8. The number of hydrogen-bond acceptors (Lipinski definition) is 8. The van der Waals surface area contributed by atoms with Gasteiger partial charge in [0.05, 0.1) is 12.0 Å². The fourth-order valence-electron chi connectivity index (χ4n) is 2.49. The first-order chi connectivity index (χ1) is 13.3. The lowest BCUT2D eigenvalue weighted by Gasteiger charge is -2.12. The van der Waals surface area contributed by atoms with Gasteiger partial charge in [0.1, 0.15) is 5.75 Å². The summed E-state index contributed by atoms with van der Waals surface area (Å²) in [6, 6.07) is 3.46. The van der Waals surface area contributed by atoms with Crippen LogP contribution in [0.4, 0.5) is 5.13 Å². The second kappa shape index (κ2) is 10.2. The molecule has 2 aromatic rings. The van der Waals surface area contributed by atoms with Crippen LogP contribution in [-0.2, 0) is 21.8 Å². The number of nitrogens with one attached hydrogen (secondary N) is 1. The molecule has 0 aliphatic heterocycles. The number of aromatic hydroxyl groups is 1. The first-order valence-electron chi connectivity index (χ1n) is 8.64. The average Bonchev–Trinajstić information content (AvgIpc) is 3.07. The topological polar surface area (TPSA) is 129 Å². The molecule has 10 heteroatoms. The lowest BCUT2D eigenvalue weighted by Crippen LogP contribution is -2.12. The summed E-state index contributed by atoms with van der Waals surface area (Å²) in [6.45, 7) is 3.42. The molecule has 0 saturated heterocycles. The molecule has 0 atom stereocenters. The van der Waals surface area contributed by atoms with Crippen LogP contribution in [0.5, 0.6) is 5.75 Å². The van der Waals surface area contributed by atoms with E-state index in [2.05, 4.69) is 15.5 Å². The SMILES string of the molecule is CCCc1c(CSc2nnc(NC(=O)CCC(=O)O)s2)ccc(C(C)=O)c1O. The van der Waals surface area contributed by atoms with E-state index < -0.39 is 11.9 Å². The molecule has 0 spiro atoms. The van der Waals surface area contributed by atoms with Crippen molar-refractivity contribution in [2.45, 2.75) is 49.6 Å². The van der Waals surface area contributed by atoms with Crippen molar-refractivity contribution in [3.63, 3.8) is 0 Å². The van der Waals surface area contributed by atoms with Gasteiger partial charge in [-0.3, -0.25) is 14.4 Å². The molecule has 3 N–H and O–H groups in total. The number of aromatic nitrogens is 2. The maximum Gasteiger partial charge on any atom is 0.303 e. The van der Waals surface area contributed by atoms with Crippen molar-refractivity contribution < 1.29 is 24.6 Å². The summed E-state index contributed by atoms with van der Waals surface area (Å²) in [5, 5.41) is 29.7. The summed E-state index contributed by atoms with van der Waals surface area (Å²) in [5.74, 6) is -1.07. The Morgan fingerprint density at radius 1 is 1.21 bits per heavy atom.